The smallest absolute Gasteiger partial charge is 0.303 e. The Bertz CT molecular complexity index is 233. The second-order valence-electron chi connectivity index (χ2n) is 4.65. The van der Waals surface area contributed by atoms with Gasteiger partial charge in [-0.2, -0.15) is 0 Å². The Morgan fingerprint density at radius 3 is 1.71 bits per heavy atom. The van der Waals surface area contributed by atoms with Gasteiger partial charge in [0.05, 0.1) is 0 Å². The lowest BCUT2D eigenvalue weighted by molar-refractivity contribution is -0.148. The minimum atomic E-state index is -0.795. The van der Waals surface area contributed by atoms with Gasteiger partial charge in [-0.05, 0) is 23.7 Å². The molecule has 80 valence electrons. The zero-order chi connectivity index (χ0) is 10.9. The number of carboxylic acids is 2. The van der Waals surface area contributed by atoms with Crippen molar-refractivity contribution in [3.8, 4) is 0 Å². The summed E-state index contributed by atoms with van der Waals surface area (Å²) in [6, 6.07) is 0. The molecule has 0 spiro atoms. The molecule has 2 N–H and O–H groups in total. The van der Waals surface area contributed by atoms with E-state index in [4.69, 9.17) is 10.2 Å². The van der Waals surface area contributed by atoms with Gasteiger partial charge in [-0.3, -0.25) is 9.59 Å². The van der Waals surface area contributed by atoms with E-state index in [0.29, 0.717) is 0 Å². The number of aliphatic carboxylic acids is 2. The fourth-order valence-electron chi connectivity index (χ4n) is 2.24. The molecule has 0 aromatic rings. The standard InChI is InChI=1S/C10H16O4/c1-10(2)6(4-8(11)12)3-7(10)5-9(13)14/h6-7H,3-5H2,1-2H3,(H,11,12)(H,13,14)/t6-,7-/m1/s1. The molecule has 0 aromatic carbocycles. The van der Waals surface area contributed by atoms with Gasteiger partial charge in [-0.15, -0.1) is 0 Å². The lowest BCUT2D eigenvalue weighted by atomic mass is 9.53. The molecular weight excluding hydrogens is 184 g/mol. The van der Waals surface area contributed by atoms with Crippen molar-refractivity contribution < 1.29 is 19.8 Å². The molecule has 0 heterocycles. The summed E-state index contributed by atoms with van der Waals surface area (Å²) < 4.78 is 0. The first-order valence-electron chi connectivity index (χ1n) is 4.77. The number of carbonyl (C=O) groups is 2. The van der Waals surface area contributed by atoms with Crippen molar-refractivity contribution >= 4 is 11.9 Å². The zero-order valence-corrected chi connectivity index (χ0v) is 8.49. The SMILES string of the molecule is CC1(C)[C@@H](CC(=O)O)C[C@@H]1CC(=O)O. The predicted molar refractivity (Wildman–Crippen MR) is 49.9 cm³/mol. The quantitative estimate of drug-likeness (QED) is 0.722. The van der Waals surface area contributed by atoms with Crippen LogP contribution in [0.2, 0.25) is 0 Å². The van der Waals surface area contributed by atoms with E-state index in [1.165, 1.54) is 0 Å². The highest BCUT2D eigenvalue weighted by molar-refractivity contribution is 5.68. The Hall–Kier alpha value is -1.06. The van der Waals surface area contributed by atoms with Gasteiger partial charge in [0, 0.05) is 12.8 Å². The van der Waals surface area contributed by atoms with Crippen molar-refractivity contribution in [3.05, 3.63) is 0 Å². The topological polar surface area (TPSA) is 74.6 Å². The number of hydrogen-bond donors (Lipinski definition) is 2. The van der Waals surface area contributed by atoms with Crippen LogP contribution in [0.25, 0.3) is 0 Å². The molecule has 1 fully saturated rings. The van der Waals surface area contributed by atoms with Crippen LogP contribution >= 0.6 is 0 Å². The average Bonchev–Trinajstić information content (AvgIpc) is 2.01. The van der Waals surface area contributed by atoms with Gasteiger partial charge in [-0.1, -0.05) is 13.8 Å². The van der Waals surface area contributed by atoms with Crippen molar-refractivity contribution in [2.75, 3.05) is 0 Å². The maximum absolute atomic E-state index is 10.5. The molecule has 0 amide bonds. The highest BCUT2D eigenvalue weighted by Crippen LogP contribution is 2.54. The van der Waals surface area contributed by atoms with Crippen LogP contribution in [0.5, 0.6) is 0 Å². The third-order valence-corrected chi connectivity index (χ3v) is 3.52. The molecule has 1 aliphatic rings. The predicted octanol–water partition coefficient (Wildman–Crippen LogP) is 1.60. The van der Waals surface area contributed by atoms with E-state index in [0.717, 1.165) is 6.42 Å². The fourth-order valence-corrected chi connectivity index (χ4v) is 2.24. The Labute approximate surface area is 82.9 Å². The summed E-state index contributed by atoms with van der Waals surface area (Å²) in [6.07, 6.45) is 1.04. The second-order valence-corrected chi connectivity index (χ2v) is 4.65. The number of rotatable bonds is 4. The highest BCUT2D eigenvalue weighted by Gasteiger charge is 2.48. The molecule has 4 heteroatoms. The van der Waals surface area contributed by atoms with Crippen LogP contribution in [-0.2, 0) is 9.59 Å². The third kappa shape index (κ3) is 2.05. The van der Waals surface area contributed by atoms with Gasteiger partial charge >= 0.3 is 11.9 Å². The lowest BCUT2D eigenvalue weighted by Crippen LogP contribution is -2.46. The van der Waals surface area contributed by atoms with Crippen molar-refractivity contribution in [1.29, 1.82) is 0 Å². The average molecular weight is 200 g/mol. The van der Waals surface area contributed by atoms with E-state index in [2.05, 4.69) is 0 Å². The molecule has 0 bridgehead atoms. The molecular formula is C10H16O4. The molecule has 1 aliphatic carbocycles. The normalized spacial score (nSPS) is 29.3. The summed E-state index contributed by atoms with van der Waals surface area (Å²) in [4.78, 5) is 21.0. The molecule has 14 heavy (non-hydrogen) atoms. The van der Waals surface area contributed by atoms with E-state index < -0.39 is 11.9 Å². The molecule has 4 nitrogen and oxygen atoms in total. The minimum absolute atomic E-state index is 0.129. The Morgan fingerprint density at radius 2 is 1.50 bits per heavy atom. The van der Waals surface area contributed by atoms with Crippen molar-refractivity contribution in [3.63, 3.8) is 0 Å². The Kier molecular flexibility index (Phi) is 2.83. The molecule has 2 atom stereocenters. The summed E-state index contributed by atoms with van der Waals surface area (Å²) in [5, 5.41) is 17.3. The van der Waals surface area contributed by atoms with Crippen LogP contribution in [-0.4, -0.2) is 22.2 Å². The van der Waals surface area contributed by atoms with Gasteiger partial charge in [0.25, 0.3) is 0 Å². The van der Waals surface area contributed by atoms with Gasteiger partial charge in [-0.25, -0.2) is 0 Å². The van der Waals surface area contributed by atoms with E-state index in [-0.39, 0.29) is 30.1 Å². The van der Waals surface area contributed by atoms with E-state index in [1.807, 2.05) is 13.8 Å². The van der Waals surface area contributed by atoms with Gasteiger partial charge in [0.2, 0.25) is 0 Å². The third-order valence-electron chi connectivity index (χ3n) is 3.52. The first-order valence-corrected chi connectivity index (χ1v) is 4.77. The van der Waals surface area contributed by atoms with Crippen LogP contribution in [0, 0.1) is 17.3 Å². The van der Waals surface area contributed by atoms with Crippen LogP contribution in [0.1, 0.15) is 33.1 Å². The Morgan fingerprint density at radius 1 is 1.14 bits per heavy atom. The molecule has 1 saturated carbocycles. The number of hydrogen-bond acceptors (Lipinski definition) is 2. The van der Waals surface area contributed by atoms with Gasteiger partial charge in [0.15, 0.2) is 0 Å². The maximum atomic E-state index is 10.5. The molecule has 0 unspecified atom stereocenters. The minimum Gasteiger partial charge on any atom is -0.481 e. The molecule has 0 radical (unpaired) electrons. The van der Waals surface area contributed by atoms with Crippen LogP contribution in [0.4, 0.5) is 0 Å². The fraction of sp³-hybridized carbons (Fsp3) is 0.800. The van der Waals surface area contributed by atoms with E-state index in [9.17, 15) is 9.59 Å². The molecule has 0 aliphatic heterocycles. The highest BCUT2D eigenvalue weighted by atomic mass is 16.4. The first kappa shape index (κ1) is 11.0. The summed E-state index contributed by atoms with van der Waals surface area (Å²) in [7, 11) is 0. The lowest BCUT2D eigenvalue weighted by Gasteiger charge is -2.51. The zero-order valence-electron chi connectivity index (χ0n) is 8.49. The Balaban J connectivity index is 2.50. The summed E-state index contributed by atoms with van der Waals surface area (Å²) in [5.41, 5.74) is -0.142. The largest absolute Gasteiger partial charge is 0.481 e. The van der Waals surface area contributed by atoms with E-state index >= 15 is 0 Å². The van der Waals surface area contributed by atoms with Crippen molar-refractivity contribution in [2.45, 2.75) is 33.1 Å². The van der Waals surface area contributed by atoms with Crippen LogP contribution in [0.15, 0.2) is 0 Å². The van der Waals surface area contributed by atoms with Crippen LogP contribution < -0.4 is 0 Å². The summed E-state index contributed by atoms with van der Waals surface area (Å²) in [5.74, 6) is -1.33. The van der Waals surface area contributed by atoms with Gasteiger partial charge in [0.1, 0.15) is 0 Å². The van der Waals surface area contributed by atoms with Crippen LogP contribution in [0.3, 0.4) is 0 Å². The second kappa shape index (κ2) is 3.59. The summed E-state index contributed by atoms with van der Waals surface area (Å²) in [6.45, 7) is 3.91. The molecule has 0 saturated heterocycles. The maximum Gasteiger partial charge on any atom is 0.303 e. The summed E-state index contributed by atoms with van der Waals surface area (Å²) >= 11 is 0. The monoisotopic (exact) mass is 200 g/mol. The number of carboxylic acid groups (broad SMARTS) is 2. The van der Waals surface area contributed by atoms with E-state index in [1.54, 1.807) is 0 Å². The van der Waals surface area contributed by atoms with Crippen molar-refractivity contribution in [2.24, 2.45) is 17.3 Å². The molecule has 0 aromatic heterocycles. The molecule has 1 rings (SSSR count). The van der Waals surface area contributed by atoms with Crippen molar-refractivity contribution in [1.82, 2.24) is 0 Å². The van der Waals surface area contributed by atoms with Gasteiger partial charge < -0.3 is 10.2 Å². The first-order chi connectivity index (χ1) is 6.34.